The van der Waals surface area contributed by atoms with Crippen LogP contribution in [0.2, 0.25) is 0 Å². The van der Waals surface area contributed by atoms with E-state index < -0.39 is 0 Å². The fourth-order valence-electron chi connectivity index (χ4n) is 7.58. The summed E-state index contributed by atoms with van der Waals surface area (Å²) in [6.07, 6.45) is 0. The van der Waals surface area contributed by atoms with Gasteiger partial charge >= 0.3 is 0 Å². The van der Waals surface area contributed by atoms with Gasteiger partial charge in [0.05, 0.1) is 0 Å². The maximum absolute atomic E-state index is 4.99. The van der Waals surface area contributed by atoms with Crippen molar-refractivity contribution in [3.8, 4) is 67.5 Å². The lowest BCUT2D eigenvalue weighted by molar-refractivity contribution is 1.07. The van der Waals surface area contributed by atoms with E-state index in [-0.39, 0.29) is 0 Å². The van der Waals surface area contributed by atoms with Crippen molar-refractivity contribution in [2.45, 2.75) is 13.8 Å². The highest BCUT2D eigenvalue weighted by Crippen LogP contribution is 2.39. The Hall–Kier alpha value is -7.43. The van der Waals surface area contributed by atoms with E-state index in [0.29, 0.717) is 17.5 Å². The van der Waals surface area contributed by atoms with Crippen molar-refractivity contribution in [2.75, 3.05) is 4.90 Å². The number of rotatable bonds is 9. The first-order valence-electron chi connectivity index (χ1n) is 19.3. The Morgan fingerprint density at radius 2 is 0.561 bits per heavy atom. The molecular weight excluding hydrogens is 693 g/mol. The van der Waals surface area contributed by atoms with E-state index >= 15 is 0 Å². The molecule has 4 heteroatoms. The molecule has 0 N–H and O–H groups in total. The lowest BCUT2D eigenvalue weighted by atomic mass is 9.93. The summed E-state index contributed by atoms with van der Waals surface area (Å²) in [5, 5.41) is 0. The predicted octanol–water partition coefficient (Wildman–Crippen LogP) is 14.0. The van der Waals surface area contributed by atoms with Crippen LogP contribution < -0.4 is 4.90 Å². The van der Waals surface area contributed by atoms with Crippen molar-refractivity contribution in [1.82, 2.24) is 15.0 Å². The zero-order valence-electron chi connectivity index (χ0n) is 31.9. The molecule has 0 bridgehead atoms. The van der Waals surface area contributed by atoms with Gasteiger partial charge in [0.2, 0.25) is 0 Å². The Bertz CT molecular complexity index is 2590. The monoisotopic (exact) mass is 732 g/mol. The standard InChI is InChI=1S/C53H40N4/c1-37-35-46(53-55-51(44-19-11-5-12-20-44)54-52(56-53)45-21-13-6-14-22-45)36-38(2)50(37)43-27-33-49(34-28-43)57(47-29-23-41(24-30-47)39-15-7-3-8-16-39)48-31-25-42(26-32-48)40-17-9-4-10-18-40/h3-36H,1-2H3. The van der Waals surface area contributed by atoms with Crippen molar-refractivity contribution >= 4 is 17.1 Å². The third kappa shape index (κ3) is 7.49. The molecule has 9 rings (SSSR count). The van der Waals surface area contributed by atoms with Gasteiger partial charge in [-0.05, 0) is 107 Å². The van der Waals surface area contributed by atoms with Crippen LogP contribution in [0.1, 0.15) is 11.1 Å². The van der Waals surface area contributed by atoms with Gasteiger partial charge < -0.3 is 4.90 Å². The van der Waals surface area contributed by atoms with Crippen molar-refractivity contribution in [3.63, 3.8) is 0 Å². The smallest absolute Gasteiger partial charge is 0.164 e. The zero-order valence-corrected chi connectivity index (χ0v) is 31.9. The van der Waals surface area contributed by atoms with E-state index in [0.717, 1.165) is 50.4 Å². The molecule has 9 aromatic rings. The van der Waals surface area contributed by atoms with Gasteiger partial charge in [0.1, 0.15) is 0 Å². The van der Waals surface area contributed by atoms with E-state index in [1.807, 2.05) is 60.7 Å². The van der Waals surface area contributed by atoms with Gasteiger partial charge in [-0.1, -0.05) is 158 Å². The molecule has 0 aliphatic rings. The summed E-state index contributed by atoms with van der Waals surface area (Å²) in [5.41, 5.74) is 15.6. The number of aromatic nitrogens is 3. The van der Waals surface area contributed by atoms with Gasteiger partial charge in [0.25, 0.3) is 0 Å². The summed E-state index contributed by atoms with van der Waals surface area (Å²) in [7, 11) is 0. The minimum absolute atomic E-state index is 0.656. The maximum atomic E-state index is 4.99. The highest BCUT2D eigenvalue weighted by atomic mass is 15.1. The Morgan fingerprint density at radius 1 is 0.281 bits per heavy atom. The first-order valence-corrected chi connectivity index (χ1v) is 19.3. The van der Waals surface area contributed by atoms with Gasteiger partial charge in [0, 0.05) is 33.8 Å². The van der Waals surface area contributed by atoms with E-state index in [1.165, 1.54) is 27.8 Å². The Labute approximate surface area is 334 Å². The van der Waals surface area contributed by atoms with Crippen molar-refractivity contribution in [3.05, 3.63) is 217 Å². The highest BCUT2D eigenvalue weighted by molar-refractivity contribution is 5.82. The molecule has 0 spiro atoms. The summed E-state index contributed by atoms with van der Waals surface area (Å²) in [5.74, 6) is 1.97. The number of benzene rings is 8. The Morgan fingerprint density at radius 3 is 0.912 bits per heavy atom. The molecule has 0 unspecified atom stereocenters. The number of aryl methyl sites for hydroxylation is 2. The van der Waals surface area contributed by atoms with E-state index in [2.05, 4.69) is 164 Å². The number of anilines is 3. The minimum atomic E-state index is 0.656. The SMILES string of the molecule is Cc1cc(-c2nc(-c3ccccc3)nc(-c3ccccc3)n2)cc(C)c1-c1ccc(N(c2ccc(-c3ccccc3)cc2)c2ccc(-c3ccccc3)cc2)cc1. The topological polar surface area (TPSA) is 41.9 Å². The van der Waals surface area contributed by atoms with Crippen molar-refractivity contribution in [2.24, 2.45) is 0 Å². The Balaban J connectivity index is 1.07. The molecule has 0 aliphatic heterocycles. The highest BCUT2D eigenvalue weighted by Gasteiger charge is 2.17. The van der Waals surface area contributed by atoms with E-state index in [9.17, 15) is 0 Å². The van der Waals surface area contributed by atoms with Crippen LogP contribution in [0.15, 0.2) is 206 Å². The summed E-state index contributed by atoms with van der Waals surface area (Å²) in [4.78, 5) is 17.2. The third-order valence-corrected chi connectivity index (χ3v) is 10.4. The minimum Gasteiger partial charge on any atom is -0.311 e. The normalized spacial score (nSPS) is 11.0. The molecule has 0 saturated carbocycles. The molecular formula is C53H40N4. The second-order valence-corrected chi connectivity index (χ2v) is 14.2. The van der Waals surface area contributed by atoms with Crippen LogP contribution >= 0.6 is 0 Å². The van der Waals surface area contributed by atoms with Crippen LogP contribution in [0, 0.1) is 13.8 Å². The average Bonchev–Trinajstić information content (AvgIpc) is 3.28. The molecule has 4 nitrogen and oxygen atoms in total. The van der Waals surface area contributed by atoms with Crippen molar-refractivity contribution < 1.29 is 0 Å². The Kier molecular flexibility index (Phi) is 9.74. The second-order valence-electron chi connectivity index (χ2n) is 14.2. The van der Waals surface area contributed by atoms with Crippen LogP contribution in [0.5, 0.6) is 0 Å². The van der Waals surface area contributed by atoms with Crippen LogP contribution in [0.3, 0.4) is 0 Å². The lowest BCUT2D eigenvalue weighted by Gasteiger charge is -2.26. The third-order valence-electron chi connectivity index (χ3n) is 10.4. The van der Waals surface area contributed by atoms with Crippen LogP contribution in [0.4, 0.5) is 17.1 Å². The largest absolute Gasteiger partial charge is 0.311 e. The molecule has 0 aliphatic carbocycles. The zero-order chi connectivity index (χ0) is 38.6. The summed E-state index contributed by atoms with van der Waals surface area (Å²) in [6.45, 7) is 4.35. The first-order chi connectivity index (χ1) is 28.1. The maximum Gasteiger partial charge on any atom is 0.164 e. The summed E-state index contributed by atoms with van der Waals surface area (Å²) in [6, 6.07) is 72.2. The van der Waals surface area contributed by atoms with Gasteiger partial charge in [-0.25, -0.2) is 15.0 Å². The predicted molar refractivity (Wildman–Crippen MR) is 237 cm³/mol. The quantitative estimate of drug-likeness (QED) is 0.148. The van der Waals surface area contributed by atoms with Crippen LogP contribution in [-0.2, 0) is 0 Å². The fourth-order valence-corrected chi connectivity index (χ4v) is 7.58. The van der Waals surface area contributed by atoms with Crippen LogP contribution in [0.25, 0.3) is 67.5 Å². The van der Waals surface area contributed by atoms with E-state index in [1.54, 1.807) is 0 Å². The van der Waals surface area contributed by atoms with Gasteiger partial charge in [0.15, 0.2) is 17.5 Å². The molecule has 1 aromatic heterocycles. The van der Waals surface area contributed by atoms with Crippen molar-refractivity contribution in [1.29, 1.82) is 0 Å². The fraction of sp³-hybridized carbons (Fsp3) is 0.0377. The van der Waals surface area contributed by atoms with Gasteiger partial charge in [-0.3, -0.25) is 0 Å². The number of hydrogen-bond acceptors (Lipinski definition) is 4. The summed E-state index contributed by atoms with van der Waals surface area (Å²) < 4.78 is 0. The van der Waals surface area contributed by atoms with E-state index in [4.69, 9.17) is 15.0 Å². The molecule has 1 heterocycles. The first kappa shape index (κ1) is 35.3. The molecule has 0 radical (unpaired) electrons. The molecule has 0 atom stereocenters. The lowest BCUT2D eigenvalue weighted by Crippen LogP contribution is -2.09. The van der Waals surface area contributed by atoms with Gasteiger partial charge in [-0.2, -0.15) is 0 Å². The number of hydrogen-bond donors (Lipinski definition) is 0. The molecule has 0 saturated heterocycles. The average molecular weight is 733 g/mol. The molecule has 8 aromatic carbocycles. The summed E-state index contributed by atoms with van der Waals surface area (Å²) >= 11 is 0. The number of nitrogens with zero attached hydrogens (tertiary/aromatic N) is 4. The molecule has 57 heavy (non-hydrogen) atoms. The van der Waals surface area contributed by atoms with Gasteiger partial charge in [-0.15, -0.1) is 0 Å². The second kappa shape index (κ2) is 15.7. The molecule has 272 valence electrons. The molecule has 0 amide bonds. The molecule has 0 fully saturated rings. The van der Waals surface area contributed by atoms with Crippen LogP contribution in [-0.4, -0.2) is 15.0 Å².